The van der Waals surface area contributed by atoms with E-state index < -0.39 is 0 Å². The lowest BCUT2D eigenvalue weighted by atomic mass is 10.2. The Kier molecular flexibility index (Phi) is 6.18. The maximum absolute atomic E-state index is 5.71. The van der Waals surface area contributed by atoms with Crippen LogP contribution in [0.4, 0.5) is 0 Å². The highest BCUT2D eigenvalue weighted by atomic mass is 32.1. The molecule has 2 nitrogen and oxygen atoms in total. The van der Waals surface area contributed by atoms with Crippen LogP contribution in [0.3, 0.4) is 0 Å². The molecule has 1 aromatic rings. The first kappa shape index (κ1) is 14.0. The minimum absolute atomic E-state index is 0.792. The van der Waals surface area contributed by atoms with Crippen molar-refractivity contribution in [2.45, 2.75) is 64.6 Å². The van der Waals surface area contributed by atoms with E-state index in [-0.39, 0.29) is 0 Å². The minimum atomic E-state index is 0.792. The molecule has 1 N–H and O–H groups in total. The molecular formula is C15H25NOS. The van der Waals surface area contributed by atoms with Crippen molar-refractivity contribution >= 4 is 11.3 Å². The van der Waals surface area contributed by atoms with Crippen molar-refractivity contribution in [2.75, 3.05) is 6.61 Å². The van der Waals surface area contributed by atoms with E-state index in [4.69, 9.17) is 4.74 Å². The van der Waals surface area contributed by atoms with Gasteiger partial charge in [0.2, 0.25) is 0 Å². The molecule has 1 aromatic heterocycles. The summed E-state index contributed by atoms with van der Waals surface area (Å²) < 4.78 is 5.71. The van der Waals surface area contributed by atoms with Gasteiger partial charge in [-0.2, -0.15) is 0 Å². The van der Waals surface area contributed by atoms with Crippen LogP contribution >= 0.6 is 11.3 Å². The molecule has 102 valence electrons. The molecule has 0 aliphatic heterocycles. The monoisotopic (exact) mass is 267 g/mol. The fourth-order valence-corrected chi connectivity index (χ4v) is 2.84. The van der Waals surface area contributed by atoms with Crippen LogP contribution in [-0.2, 0) is 17.9 Å². The zero-order valence-corrected chi connectivity index (χ0v) is 12.2. The van der Waals surface area contributed by atoms with E-state index in [0.717, 1.165) is 25.8 Å². The minimum Gasteiger partial charge on any atom is -0.376 e. The largest absolute Gasteiger partial charge is 0.376 e. The normalized spacial score (nSPS) is 15.2. The molecule has 1 heterocycles. The van der Waals surface area contributed by atoms with Gasteiger partial charge in [0.25, 0.3) is 0 Å². The fourth-order valence-electron chi connectivity index (χ4n) is 1.93. The number of thiophene rings is 1. The van der Waals surface area contributed by atoms with Crippen molar-refractivity contribution in [3.63, 3.8) is 0 Å². The predicted molar refractivity (Wildman–Crippen MR) is 78.0 cm³/mol. The lowest BCUT2D eigenvalue weighted by Gasteiger charge is -2.02. The number of nitrogens with one attached hydrogen (secondary N) is 1. The standard InChI is InChI=1S/C15H25NOS/c1-2-3-4-5-10-17-12-15-9-8-14(18-15)11-16-13-6-7-13/h8-9,13,16H,2-7,10-12H2,1H3. The Morgan fingerprint density at radius 3 is 2.83 bits per heavy atom. The smallest absolute Gasteiger partial charge is 0.0809 e. The van der Waals surface area contributed by atoms with Crippen LogP contribution in [0, 0.1) is 0 Å². The van der Waals surface area contributed by atoms with Gasteiger partial charge >= 0.3 is 0 Å². The van der Waals surface area contributed by atoms with E-state index in [1.54, 1.807) is 0 Å². The van der Waals surface area contributed by atoms with E-state index in [9.17, 15) is 0 Å². The summed E-state index contributed by atoms with van der Waals surface area (Å²) in [5.41, 5.74) is 0. The van der Waals surface area contributed by atoms with Crippen molar-refractivity contribution in [1.82, 2.24) is 5.32 Å². The molecule has 1 fully saturated rings. The number of unbranched alkanes of at least 4 members (excludes halogenated alkanes) is 3. The van der Waals surface area contributed by atoms with E-state index >= 15 is 0 Å². The maximum Gasteiger partial charge on any atom is 0.0809 e. The SMILES string of the molecule is CCCCCCOCc1ccc(CNC2CC2)s1. The molecule has 3 heteroatoms. The molecule has 0 aromatic carbocycles. The second kappa shape index (κ2) is 7.93. The van der Waals surface area contributed by atoms with Gasteiger partial charge in [-0.3, -0.25) is 0 Å². The van der Waals surface area contributed by atoms with Gasteiger partial charge < -0.3 is 10.1 Å². The van der Waals surface area contributed by atoms with Gasteiger partial charge in [-0.1, -0.05) is 26.2 Å². The Balaban J connectivity index is 1.54. The predicted octanol–water partition coefficient (Wildman–Crippen LogP) is 4.10. The Labute approximate surface area is 115 Å². The highest BCUT2D eigenvalue weighted by Crippen LogP contribution is 2.22. The molecule has 0 radical (unpaired) electrons. The van der Waals surface area contributed by atoms with Crippen LogP contribution in [0.15, 0.2) is 12.1 Å². The summed E-state index contributed by atoms with van der Waals surface area (Å²) in [7, 11) is 0. The summed E-state index contributed by atoms with van der Waals surface area (Å²) in [6.45, 7) is 4.98. The highest BCUT2D eigenvalue weighted by Gasteiger charge is 2.20. The lowest BCUT2D eigenvalue weighted by Crippen LogP contribution is -2.14. The molecule has 1 saturated carbocycles. The molecule has 18 heavy (non-hydrogen) atoms. The fraction of sp³-hybridized carbons (Fsp3) is 0.733. The molecular weight excluding hydrogens is 242 g/mol. The van der Waals surface area contributed by atoms with Crippen LogP contribution in [0.25, 0.3) is 0 Å². The Morgan fingerprint density at radius 1 is 1.22 bits per heavy atom. The Bertz CT molecular complexity index is 333. The van der Waals surface area contributed by atoms with E-state index in [1.807, 2.05) is 11.3 Å². The van der Waals surface area contributed by atoms with Crippen LogP contribution in [-0.4, -0.2) is 12.6 Å². The van der Waals surface area contributed by atoms with Crippen molar-refractivity contribution in [1.29, 1.82) is 0 Å². The third kappa shape index (κ3) is 5.51. The Hall–Kier alpha value is -0.380. The average molecular weight is 267 g/mol. The van der Waals surface area contributed by atoms with Crippen LogP contribution in [0.1, 0.15) is 55.2 Å². The zero-order valence-electron chi connectivity index (χ0n) is 11.4. The van der Waals surface area contributed by atoms with E-state index in [1.165, 1.54) is 48.3 Å². The van der Waals surface area contributed by atoms with Crippen LogP contribution in [0.5, 0.6) is 0 Å². The Morgan fingerprint density at radius 2 is 2.06 bits per heavy atom. The number of hydrogen-bond donors (Lipinski definition) is 1. The van der Waals surface area contributed by atoms with E-state index in [2.05, 4.69) is 24.4 Å². The third-order valence-corrected chi connectivity index (χ3v) is 4.30. The van der Waals surface area contributed by atoms with Crippen LogP contribution in [0.2, 0.25) is 0 Å². The average Bonchev–Trinajstić information content (AvgIpc) is 3.11. The first-order valence-corrected chi connectivity index (χ1v) is 8.09. The molecule has 2 rings (SSSR count). The third-order valence-electron chi connectivity index (χ3n) is 3.25. The van der Waals surface area contributed by atoms with Crippen molar-refractivity contribution in [3.8, 4) is 0 Å². The van der Waals surface area contributed by atoms with E-state index in [0.29, 0.717) is 0 Å². The second-order valence-corrected chi connectivity index (χ2v) is 6.39. The second-order valence-electron chi connectivity index (χ2n) is 5.14. The van der Waals surface area contributed by atoms with Crippen molar-refractivity contribution in [2.24, 2.45) is 0 Å². The van der Waals surface area contributed by atoms with Gasteiger partial charge in [0, 0.05) is 28.9 Å². The number of ether oxygens (including phenoxy) is 1. The van der Waals surface area contributed by atoms with Crippen molar-refractivity contribution < 1.29 is 4.74 Å². The molecule has 0 spiro atoms. The van der Waals surface area contributed by atoms with Gasteiger partial charge in [0.15, 0.2) is 0 Å². The maximum atomic E-state index is 5.71. The topological polar surface area (TPSA) is 21.3 Å². The lowest BCUT2D eigenvalue weighted by molar-refractivity contribution is 0.119. The highest BCUT2D eigenvalue weighted by molar-refractivity contribution is 7.11. The molecule has 0 atom stereocenters. The number of rotatable bonds is 10. The van der Waals surface area contributed by atoms with Gasteiger partial charge in [-0.25, -0.2) is 0 Å². The molecule has 0 bridgehead atoms. The van der Waals surface area contributed by atoms with Gasteiger partial charge in [0.1, 0.15) is 0 Å². The summed E-state index contributed by atoms with van der Waals surface area (Å²) >= 11 is 1.88. The number of hydrogen-bond acceptors (Lipinski definition) is 3. The van der Waals surface area contributed by atoms with Gasteiger partial charge in [-0.05, 0) is 31.4 Å². The van der Waals surface area contributed by atoms with Gasteiger partial charge in [-0.15, -0.1) is 11.3 Å². The summed E-state index contributed by atoms with van der Waals surface area (Å²) in [6.07, 6.45) is 7.85. The summed E-state index contributed by atoms with van der Waals surface area (Å²) in [4.78, 5) is 2.80. The first-order chi connectivity index (χ1) is 8.88. The van der Waals surface area contributed by atoms with Crippen molar-refractivity contribution in [3.05, 3.63) is 21.9 Å². The molecule has 0 amide bonds. The molecule has 1 aliphatic rings. The quantitative estimate of drug-likeness (QED) is 0.645. The zero-order chi connectivity index (χ0) is 12.6. The molecule has 0 unspecified atom stereocenters. The summed E-state index contributed by atoms with van der Waals surface area (Å²) in [6, 6.07) is 5.24. The summed E-state index contributed by atoms with van der Waals surface area (Å²) in [5, 5.41) is 3.55. The summed E-state index contributed by atoms with van der Waals surface area (Å²) in [5.74, 6) is 0. The van der Waals surface area contributed by atoms with Crippen LogP contribution < -0.4 is 5.32 Å². The van der Waals surface area contributed by atoms with Gasteiger partial charge in [0.05, 0.1) is 6.61 Å². The molecule has 0 saturated heterocycles. The molecule has 1 aliphatic carbocycles. The first-order valence-electron chi connectivity index (χ1n) is 7.27.